The van der Waals surface area contributed by atoms with Crippen molar-refractivity contribution in [3.8, 4) is 0 Å². The van der Waals surface area contributed by atoms with Crippen molar-refractivity contribution in [1.29, 1.82) is 0 Å². The normalized spacial score (nSPS) is 15.0. The Hall–Kier alpha value is -6.82. The highest BCUT2D eigenvalue weighted by molar-refractivity contribution is 6.50. The Kier molecular flexibility index (Phi) is 20.4. The van der Waals surface area contributed by atoms with Crippen LogP contribution in [0, 0.1) is 5.92 Å². The smallest absolute Gasteiger partial charge is 0.336 e. The Morgan fingerprint density at radius 3 is 1.26 bits per heavy atom. The molecule has 10 aromatic rings. The summed E-state index contributed by atoms with van der Waals surface area (Å²) in [4.78, 5) is 57.6. The Morgan fingerprint density at radius 2 is 0.856 bits per heavy atom. The first kappa shape index (κ1) is 64.7. The van der Waals surface area contributed by atoms with Crippen LogP contribution in [0.5, 0.6) is 0 Å². The van der Waals surface area contributed by atoms with Crippen molar-refractivity contribution in [2.75, 3.05) is 13.1 Å². The van der Waals surface area contributed by atoms with E-state index in [-0.39, 0.29) is 68.2 Å². The van der Waals surface area contributed by atoms with Gasteiger partial charge in [-0.25, -0.2) is 9.59 Å². The Balaban J connectivity index is 1.02. The number of aromatic nitrogens is 2. The van der Waals surface area contributed by atoms with Gasteiger partial charge < -0.3 is 30.0 Å². The van der Waals surface area contributed by atoms with Crippen LogP contribution in [0.25, 0.3) is 81.5 Å². The number of nitrogens with zero attached hydrogens (tertiary/aromatic N) is 2. The Bertz CT molecular complexity index is 4330. The molecule has 0 bridgehead atoms. The number of carboxylic acid groups (broad SMARTS) is 2. The minimum atomic E-state index is -2.61. The van der Waals surface area contributed by atoms with Gasteiger partial charge in [-0.1, -0.05) is 176 Å². The molecule has 1 aliphatic carbocycles. The van der Waals surface area contributed by atoms with E-state index >= 15 is 9.59 Å². The molecule has 0 aliphatic heterocycles. The van der Waals surface area contributed by atoms with Crippen LogP contribution in [-0.2, 0) is 58.0 Å². The molecule has 0 radical (unpaired) electrons. The predicted molar refractivity (Wildman–Crippen MR) is 375 cm³/mol. The van der Waals surface area contributed by atoms with E-state index in [1.54, 1.807) is 24.3 Å². The zero-order valence-electron chi connectivity index (χ0n) is 52.3. The van der Waals surface area contributed by atoms with Gasteiger partial charge in [0.05, 0.1) is 11.1 Å². The number of aryl methyl sites for hydroxylation is 4. The number of unbranched alkanes of at least 4 members (excludes halogenated alkanes) is 12. The van der Waals surface area contributed by atoms with Gasteiger partial charge in [0.25, 0.3) is 0 Å². The molecule has 90 heavy (non-hydrogen) atoms. The molecule has 11 rings (SSSR count). The van der Waals surface area contributed by atoms with Crippen LogP contribution in [0.3, 0.4) is 0 Å². The number of hydrogen-bond donors (Lipinski definition) is 4. The minimum Gasteiger partial charge on any atom is -0.478 e. The second-order valence-corrected chi connectivity index (χ2v) is 26.8. The maximum absolute atomic E-state index is 16.2. The zero-order valence-corrected chi connectivity index (χ0v) is 55.3. The second-order valence-electron chi connectivity index (χ2n) is 25.0. The molecule has 0 saturated carbocycles. The van der Waals surface area contributed by atoms with Gasteiger partial charge in [0.2, 0.25) is 11.8 Å². The number of amides is 2. The summed E-state index contributed by atoms with van der Waals surface area (Å²) in [5, 5.41) is 35.2. The first-order chi connectivity index (χ1) is 43.6. The second kappa shape index (κ2) is 28.4. The van der Waals surface area contributed by atoms with E-state index in [0.717, 1.165) is 134 Å². The van der Waals surface area contributed by atoms with E-state index in [1.807, 2.05) is 0 Å². The number of nitrogens with one attached hydrogen (secondary N) is 2. The average molecular weight is 1290 g/mol. The molecule has 2 aromatic heterocycles. The number of fused-ring (bicyclic) bond motifs is 8. The third-order valence-electron chi connectivity index (χ3n) is 19.0. The summed E-state index contributed by atoms with van der Waals surface area (Å²) in [6.07, 6.45) is 22.3. The first-order valence-electron chi connectivity index (χ1n) is 33.0. The summed E-state index contributed by atoms with van der Waals surface area (Å²) < 4.78 is 4.37. The van der Waals surface area contributed by atoms with Crippen LogP contribution in [0.4, 0.5) is 0 Å². The van der Waals surface area contributed by atoms with Crippen LogP contribution in [0.15, 0.2) is 103 Å². The van der Waals surface area contributed by atoms with E-state index in [0.29, 0.717) is 16.2 Å². The molecule has 10 nitrogen and oxygen atoms in total. The van der Waals surface area contributed by atoms with Gasteiger partial charge in [0.1, 0.15) is 5.92 Å². The molecule has 4 N–H and O–H groups in total. The van der Waals surface area contributed by atoms with Gasteiger partial charge in [-0.3, -0.25) is 9.59 Å². The van der Waals surface area contributed by atoms with Gasteiger partial charge >= 0.3 is 11.9 Å². The average Bonchev–Trinajstić information content (AvgIpc) is 0.884. The minimum absolute atomic E-state index is 0.00157. The molecule has 0 saturated heterocycles. The van der Waals surface area contributed by atoms with Crippen molar-refractivity contribution in [2.45, 2.75) is 174 Å². The van der Waals surface area contributed by atoms with Crippen molar-refractivity contribution in [1.82, 2.24) is 19.8 Å². The number of carbonyl (C=O) groups excluding carboxylic acids is 2. The molecule has 8 aromatic carbocycles. The highest BCUT2D eigenvalue weighted by atomic mass is 35.5. The first-order valence-corrected chi connectivity index (χ1v) is 34.5. The lowest BCUT2D eigenvalue weighted by Crippen LogP contribution is -2.56. The van der Waals surface area contributed by atoms with E-state index in [4.69, 9.17) is 46.4 Å². The highest BCUT2D eigenvalue weighted by Gasteiger charge is 2.57. The molecule has 2 atom stereocenters. The fourth-order valence-corrected chi connectivity index (χ4v) is 15.8. The molecule has 2 heterocycles. The lowest BCUT2D eigenvalue weighted by Gasteiger charge is -2.39. The summed E-state index contributed by atoms with van der Waals surface area (Å²) in [6, 6.07) is 34.7. The van der Waals surface area contributed by atoms with Crippen LogP contribution in [0.1, 0.15) is 169 Å². The van der Waals surface area contributed by atoms with Crippen LogP contribution in [0.2, 0.25) is 15.1 Å². The Labute approximate surface area is 547 Å². The fourth-order valence-electron chi connectivity index (χ4n) is 14.5. The lowest BCUT2D eigenvalue weighted by molar-refractivity contribution is -0.135. The molecule has 2 unspecified atom stereocenters. The largest absolute Gasteiger partial charge is 0.478 e. The van der Waals surface area contributed by atoms with Crippen molar-refractivity contribution >= 4 is 152 Å². The summed E-state index contributed by atoms with van der Waals surface area (Å²) in [6.45, 7) is 9.39. The molecule has 0 spiro atoms. The number of aromatic carboxylic acids is 1. The monoisotopic (exact) mass is 1290 g/mol. The maximum Gasteiger partial charge on any atom is 0.336 e. The van der Waals surface area contributed by atoms with Crippen LogP contribution >= 0.6 is 46.4 Å². The number of hydrogen-bond acceptors (Lipinski definition) is 4. The molecule has 470 valence electrons. The summed E-state index contributed by atoms with van der Waals surface area (Å²) in [7, 11) is 0. The van der Waals surface area contributed by atoms with Gasteiger partial charge in [0, 0.05) is 117 Å². The number of halogens is 4. The molecule has 0 fully saturated rings. The highest BCUT2D eigenvalue weighted by Crippen LogP contribution is 2.55. The van der Waals surface area contributed by atoms with Crippen LogP contribution in [-0.4, -0.2) is 56.2 Å². The third kappa shape index (κ3) is 12.4. The molecular weight excluding hydrogens is 1210 g/mol. The van der Waals surface area contributed by atoms with E-state index in [9.17, 15) is 19.8 Å². The van der Waals surface area contributed by atoms with Gasteiger partial charge in [-0.05, 0) is 151 Å². The SMILES string of the molecule is CCCCCCc1ccc2c(c1)c1cc(CCCCCC)ccc1n2CCNC(=O)C1C(C(=O)O)=c2c(C(=O)O)cc(Cl)c3c2c(c2c(Cl)ccc4ccc(Cl)c3c42)C1(Cl)C(=O)NCCn1c2ccc(CCCCCC)cc2c2cc(CCCCCC)ccc21. The van der Waals surface area contributed by atoms with Crippen molar-refractivity contribution in [3.05, 3.63) is 157 Å². The quantitative estimate of drug-likeness (QED) is 0.0153. The summed E-state index contributed by atoms with van der Waals surface area (Å²) >= 11 is 30.0. The van der Waals surface area contributed by atoms with Crippen molar-refractivity contribution in [2.24, 2.45) is 5.92 Å². The van der Waals surface area contributed by atoms with E-state index in [1.165, 1.54) is 66.8 Å². The molecular formula is C76H82Cl4N4O6. The number of carbonyl (C=O) groups is 4. The van der Waals surface area contributed by atoms with Gasteiger partial charge in [0.15, 0.2) is 4.87 Å². The number of rotatable bonds is 30. The van der Waals surface area contributed by atoms with Crippen LogP contribution < -0.4 is 15.9 Å². The standard InChI is InChI=1S/C76H82Cl4N4O6/c1-5-9-13-17-21-46-25-33-59-51(41-46)52-42-47(22-18-14-10-6-2)26-34-60(52)83(59)39-37-81-72(85)71-69(74(88)89)64-55(73(86)87)45-58(79)66-65-56(77)31-29-50-30-32-57(78)67(63(50)65)70(68(64)66)76(71,80)75(90)82-38-40-84-61-35-27-48(23-19-15-11-7-3)43-53(61)54-44-49(28-36-62(54)84)24-20-16-12-8-4/h25-36,41-45,71H,5-24,37-40H2,1-4H3,(H,81,85)(H,82,90)(H,86,87)(H,88,89). The van der Waals surface area contributed by atoms with Gasteiger partial charge in [-0.15, -0.1) is 11.6 Å². The Morgan fingerprint density at radius 1 is 0.456 bits per heavy atom. The molecule has 14 heteroatoms. The maximum atomic E-state index is 16.2. The number of benzene rings is 8. The lowest BCUT2D eigenvalue weighted by atomic mass is 9.69. The third-order valence-corrected chi connectivity index (χ3v) is 20.5. The van der Waals surface area contributed by atoms with E-state index < -0.39 is 45.7 Å². The number of aliphatic carboxylic acids is 1. The fraction of sp³-hybridized carbons (Fsp3) is 0.395. The summed E-state index contributed by atoms with van der Waals surface area (Å²) in [5.74, 6) is -6.97. The topological polar surface area (TPSA) is 143 Å². The van der Waals surface area contributed by atoms with E-state index in [2.05, 4.69) is 120 Å². The molecule has 2 amide bonds. The summed E-state index contributed by atoms with van der Waals surface area (Å²) in [5.41, 5.74) is 7.79. The van der Waals surface area contributed by atoms with Crippen molar-refractivity contribution in [3.63, 3.8) is 0 Å². The van der Waals surface area contributed by atoms with Gasteiger partial charge in [-0.2, -0.15) is 0 Å². The van der Waals surface area contributed by atoms with Crippen molar-refractivity contribution < 1.29 is 29.4 Å². The molecule has 1 aliphatic rings. The number of carboxylic acids is 2. The number of alkyl halides is 1. The predicted octanol–water partition coefficient (Wildman–Crippen LogP) is 19.2. The zero-order chi connectivity index (χ0) is 63.4.